The van der Waals surface area contributed by atoms with Crippen LogP contribution in [0, 0.1) is 6.92 Å². The molecule has 0 radical (unpaired) electrons. The van der Waals surface area contributed by atoms with Gasteiger partial charge in [0, 0.05) is 12.4 Å². The first-order chi connectivity index (χ1) is 7.99. The summed E-state index contributed by atoms with van der Waals surface area (Å²) in [6, 6.07) is 3.38. The second-order valence-corrected chi connectivity index (χ2v) is 3.91. The third-order valence-corrected chi connectivity index (χ3v) is 2.46. The van der Waals surface area contributed by atoms with E-state index in [9.17, 15) is 14.8 Å². The highest BCUT2D eigenvalue weighted by Gasteiger charge is 2.17. The van der Waals surface area contributed by atoms with Crippen molar-refractivity contribution in [1.82, 2.24) is 9.97 Å². The molecule has 0 fully saturated rings. The molecule has 0 saturated carbocycles. The summed E-state index contributed by atoms with van der Waals surface area (Å²) >= 11 is 0. The van der Waals surface area contributed by atoms with Gasteiger partial charge < -0.3 is 10.0 Å². The maximum atomic E-state index is 11.2. The third-order valence-electron chi connectivity index (χ3n) is 2.46. The van der Waals surface area contributed by atoms with Crippen LogP contribution in [0.5, 0.6) is 0 Å². The van der Waals surface area contributed by atoms with E-state index in [2.05, 4.69) is 9.97 Å². The fourth-order valence-corrected chi connectivity index (χ4v) is 1.66. The van der Waals surface area contributed by atoms with Crippen LogP contribution in [-0.4, -0.2) is 32.9 Å². The molecule has 6 heteroatoms. The van der Waals surface area contributed by atoms with Crippen LogP contribution in [-0.2, 0) is 0 Å². The molecule has 1 aromatic heterocycles. The molecule has 0 atom stereocenters. The molecule has 0 amide bonds. The van der Waals surface area contributed by atoms with Crippen LogP contribution in [0.1, 0.15) is 23.0 Å². The van der Waals surface area contributed by atoms with E-state index in [0.29, 0.717) is 16.5 Å². The molecule has 17 heavy (non-hydrogen) atoms. The maximum absolute atomic E-state index is 11.2. The number of nitrogens with zero attached hydrogens (tertiary/aromatic N) is 2. The second kappa shape index (κ2) is 4.23. The van der Waals surface area contributed by atoms with E-state index in [0.717, 1.165) is 5.56 Å². The summed E-state index contributed by atoms with van der Waals surface area (Å²) in [5.41, 5.74) is 2.27. The summed E-state index contributed by atoms with van der Waals surface area (Å²) in [5.74, 6) is -0.174. The molecule has 2 aromatic rings. The smallest absolute Gasteiger partial charge is 0.423 e. The lowest BCUT2D eigenvalue weighted by Gasteiger charge is -2.06. The molecule has 0 unspecified atom stereocenters. The van der Waals surface area contributed by atoms with Crippen LogP contribution >= 0.6 is 0 Å². The molecule has 0 aliphatic rings. The van der Waals surface area contributed by atoms with Crippen LogP contribution in [0.3, 0.4) is 0 Å². The Hall–Kier alpha value is -1.79. The molecule has 0 aliphatic heterocycles. The Kier molecular flexibility index (Phi) is 2.91. The van der Waals surface area contributed by atoms with Crippen LogP contribution in [0.15, 0.2) is 18.3 Å². The number of ketones is 1. The van der Waals surface area contributed by atoms with Crippen molar-refractivity contribution >= 4 is 29.4 Å². The van der Waals surface area contributed by atoms with E-state index in [1.54, 1.807) is 12.1 Å². The van der Waals surface area contributed by atoms with Crippen molar-refractivity contribution in [3.8, 4) is 0 Å². The van der Waals surface area contributed by atoms with Gasteiger partial charge in [0.25, 0.3) is 0 Å². The van der Waals surface area contributed by atoms with Gasteiger partial charge in [0.2, 0.25) is 0 Å². The highest BCUT2D eigenvalue weighted by Crippen LogP contribution is 2.11. The van der Waals surface area contributed by atoms with Crippen LogP contribution < -0.4 is 5.46 Å². The Morgan fingerprint density at radius 1 is 1.35 bits per heavy atom. The van der Waals surface area contributed by atoms with Crippen molar-refractivity contribution in [2.45, 2.75) is 13.8 Å². The number of rotatable bonds is 2. The standard InChI is InChI=1S/C11H11BN2O3/c1-6-3-8(12(16)17)11-9(4-6)14-10(5-13-11)7(2)15/h3-5,16-17H,1-2H3. The Morgan fingerprint density at radius 2 is 2.06 bits per heavy atom. The number of aryl methyl sites for hydroxylation is 1. The van der Waals surface area contributed by atoms with Gasteiger partial charge in [-0.2, -0.15) is 0 Å². The first-order valence-electron chi connectivity index (χ1n) is 5.13. The van der Waals surface area contributed by atoms with Gasteiger partial charge in [0.1, 0.15) is 5.69 Å². The summed E-state index contributed by atoms with van der Waals surface area (Å²) in [7, 11) is -1.60. The number of hydrogen-bond acceptors (Lipinski definition) is 5. The van der Waals surface area contributed by atoms with E-state index in [1.807, 2.05) is 6.92 Å². The number of benzene rings is 1. The second-order valence-electron chi connectivity index (χ2n) is 3.91. The van der Waals surface area contributed by atoms with E-state index in [-0.39, 0.29) is 11.5 Å². The number of carbonyl (C=O) groups is 1. The molecule has 86 valence electrons. The van der Waals surface area contributed by atoms with Gasteiger partial charge in [-0.15, -0.1) is 0 Å². The zero-order valence-corrected chi connectivity index (χ0v) is 9.51. The largest absolute Gasteiger partial charge is 0.490 e. The fraction of sp³-hybridized carbons (Fsp3) is 0.182. The lowest BCUT2D eigenvalue weighted by atomic mass is 9.78. The van der Waals surface area contributed by atoms with Crippen molar-refractivity contribution in [3.05, 3.63) is 29.6 Å². The maximum Gasteiger partial charge on any atom is 0.490 e. The summed E-state index contributed by atoms with van der Waals surface area (Å²) < 4.78 is 0. The van der Waals surface area contributed by atoms with Crippen LogP contribution in [0.4, 0.5) is 0 Å². The molecule has 0 saturated heterocycles. The zero-order valence-electron chi connectivity index (χ0n) is 9.51. The minimum absolute atomic E-state index is 0.174. The Balaban J connectivity index is 2.75. The SMILES string of the molecule is CC(=O)c1cnc2c(B(O)O)cc(C)cc2n1. The normalized spacial score (nSPS) is 10.6. The average molecular weight is 230 g/mol. The molecular formula is C11H11BN2O3. The number of hydrogen-bond donors (Lipinski definition) is 2. The topological polar surface area (TPSA) is 83.3 Å². The molecule has 0 bridgehead atoms. The quantitative estimate of drug-likeness (QED) is 0.552. The van der Waals surface area contributed by atoms with Gasteiger partial charge in [-0.05, 0) is 18.6 Å². The van der Waals surface area contributed by atoms with Gasteiger partial charge in [-0.3, -0.25) is 9.78 Å². The lowest BCUT2D eigenvalue weighted by molar-refractivity contribution is 0.101. The first kappa shape index (κ1) is 11.7. The Morgan fingerprint density at radius 3 is 2.65 bits per heavy atom. The Labute approximate surface area is 98.3 Å². The van der Waals surface area contributed by atoms with Crippen molar-refractivity contribution in [2.24, 2.45) is 0 Å². The molecule has 0 spiro atoms. The predicted octanol–water partition coefficient (Wildman–Crippen LogP) is -0.179. The molecule has 1 aromatic carbocycles. The summed E-state index contributed by atoms with van der Waals surface area (Å²) in [4.78, 5) is 19.4. The predicted molar refractivity (Wildman–Crippen MR) is 64.1 cm³/mol. The van der Waals surface area contributed by atoms with E-state index in [4.69, 9.17) is 0 Å². The minimum atomic E-state index is -1.60. The lowest BCUT2D eigenvalue weighted by Crippen LogP contribution is -2.31. The van der Waals surface area contributed by atoms with Gasteiger partial charge in [0.05, 0.1) is 17.2 Å². The summed E-state index contributed by atoms with van der Waals surface area (Å²) in [5, 5.41) is 18.5. The fourth-order valence-electron chi connectivity index (χ4n) is 1.66. The molecule has 2 N–H and O–H groups in total. The monoisotopic (exact) mass is 230 g/mol. The van der Waals surface area contributed by atoms with Crippen LogP contribution in [0.25, 0.3) is 11.0 Å². The van der Waals surface area contributed by atoms with Gasteiger partial charge in [-0.25, -0.2) is 4.98 Å². The van der Waals surface area contributed by atoms with Crippen molar-refractivity contribution in [2.75, 3.05) is 0 Å². The highest BCUT2D eigenvalue weighted by molar-refractivity contribution is 6.61. The van der Waals surface area contributed by atoms with Crippen molar-refractivity contribution in [1.29, 1.82) is 0 Å². The number of carbonyl (C=O) groups excluding carboxylic acids is 1. The minimum Gasteiger partial charge on any atom is -0.423 e. The number of aromatic nitrogens is 2. The molecule has 5 nitrogen and oxygen atoms in total. The summed E-state index contributed by atoms with van der Waals surface area (Å²) in [6.07, 6.45) is 1.34. The molecule has 0 aliphatic carbocycles. The number of Topliss-reactive ketones (excluding diaryl/α,β-unsaturated/α-hetero) is 1. The van der Waals surface area contributed by atoms with Gasteiger partial charge >= 0.3 is 7.12 Å². The third kappa shape index (κ3) is 2.18. The first-order valence-corrected chi connectivity index (χ1v) is 5.13. The highest BCUT2D eigenvalue weighted by atomic mass is 16.4. The zero-order chi connectivity index (χ0) is 12.6. The molecular weight excluding hydrogens is 219 g/mol. The Bertz CT molecular complexity index is 599. The van der Waals surface area contributed by atoms with Crippen LogP contribution in [0.2, 0.25) is 0 Å². The van der Waals surface area contributed by atoms with E-state index < -0.39 is 7.12 Å². The molecule has 1 heterocycles. The summed E-state index contributed by atoms with van der Waals surface area (Å²) in [6.45, 7) is 3.22. The van der Waals surface area contributed by atoms with E-state index >= 15 is 0 Å². The van der Waals surface area contributed by atoms with Gasteiger partial charge in [-0.1, -0.05) is 6.07 Å². The van der Waals surface area contributed by atoms with Gasteiger partial charge in [0.15, 0.2) is 5.78 Å². The molecule has 2 rings (SSSR count). The van der Waals surface area contributed by atoms with Crippen molar-refractivity contribution < 1.29 is 14.8 Å². The average Bonchev–Trinajstić information content (AvgIpc) is 2.26. The van der Waals surface area contributed by atoms with Crippen molar-refractivity contribution in [3.63, 3.8) is 0 Å². The van der Waals surface area contributed by atoms with E-state index in [1.165, 1.54) is 13.1 Å². The number of fused-ring (bicyclic) bond motifs is 1.